The highest BCUT2D eigenvalue weighted by molar-refractivity contribution is 6.40. The molecular weight excluding hydrogens is 190 g/mol. The molecule has 0 aliphatic rings. The van der Waals surface area contributed by atoms with Crippen LogP contribution < -0.4 is 0 Å². The molecular formula is C14H20B2. The highest BCUT2D eigenvalue weighted by Gasteiger charge is 2.32. The molecule has 0 aliphatic heterocycles. The van der Waals surface area contributed by atoms with Crippen LogP contribution in [0.4, 0.5) is 0 Å². The molecule has 0 amide bonds. The highest BCUT2D eigenvalue weighted by Crippen LogP contribution is 2.36. The third-order valence-corrected chi connectivity index (χ3v) is 3.30. The molecule has 0 bridgehead atoms. The van der Waals surface area contributed by atoms with Crippen molar-refractivity contribution in [2.45, 2.75) is 45.8 Å². The monoisotopic (exact) mass is 210 g/mol. The SMILES string of the molecule is [B]C([B])(c1ccc(C(C)C)cc1)C(C)(C)C. The Hall–Kier alpha value is -0.650. The van der Waals surface area contributed by atoms with E-state index in [1.165, 1.54) is 5.56 Å². The second kappa shape index (κ2) is 4.31. The van der Waals surface area contributed by atoms with Gasteiger partial charge in [-0.05, 0) is 16.9 Å². The summed E-state index contributed by atoms with van der Waals surface area (Å²) >= 11 is 0. The zero-order valence-electron chi connectivity index (χ0n) is 11.0. The molecule has 0 aromatic heterocycles. The normalized spacial score (nSPS) is 13.1. The van der Waals surface area contributed by atoms with Crippen LogP contribution in [0.3, 0.4) is 0 Å². The molecule has 0 spiro atoms. The lowest BCUT2D eigenvalue weighted by Crippen LogP contribution is -2.41. The topological polar surface area (TPSA) is 0 Å². The van der Waals surface area contributed by atoms with E-state index in [9.17, 15) is 0 Å². The van der Waals surface area contributed by atoms with E-state index in [0.29, 0.717) is 5.92 Å². The first-order chi connectivity index (χ1) is 7.16. The maximum atomic E-state index is 6.22. The van der Waals surface area contributed by atoms with E-state index in [-0.39, 0.29) is 5.41 Å². The molecule has 0 atom stereocenters. The number of rotatable bonds is 2. The highest BCUT2D eigenvalue weighted by atomic mass is 14.3. The first-order valence-electron chi connectivity index (χ1n) is 5.84. The van der Waals surface area contributed by atoms with E-state index in [4.69, 9.17) is 15.7 Å². The lowest BCUT2D eigenvalue weighted by atomic mass is 9.41. The summed E-state index contributed by atoms with van der Waals surface area (Å²) in [5.74, 6) is 0.536. The Labute approximate surface area is 103 Å². The van der Waals surface area contributed by atoms with Crippen molar-refractivity contribution in [3.63, 3.8) is 0 Å². The summed E-state index contributed by atoms with van der Waals surface area (Å²) in [6.07, 6.45) is 0. The molecule has 1 aromatic carbocycles. The summed E-state index contributed by atoms with van der Waals surface area (Å²) in [4.78, 5) is 0. The van der Waals surface area contributed by atoms with Gasteiger partial charge in [0.25, 0.3) is 0 Å². The van der Waals surface area contributed by atoms with E-state index >= 15 is 0 Å². The van der Waals surface area contributed by atoms with Crippen molar-refractivity contribution in [1.29, 1.82) is 0 Å². The summed E-state index contributed by atoms with van der Waals surface area (Å²) < 4.78 is 0. The largest absolute Gasteiger partial charge is 0.0709 e. The Bertz CT molecular complexity index is 342. The molecule has 0 saturated carbocycles. The van der Waals surface area contributed by atoms with Crippen molar-refractivity contribution in [3.05, 3.63) is 35.4 Å². The molecule has 2 heteroatoms. The van der Waals surface area contributed by atoms with Gasteiger partial charge in [-0.25, -0.2) is 0 Å². The average Bonchev–Trinajstić information content (AvgIpc) is 2.16. The first kappa shape index (κ1) is 13.4. The molecule has 1 aromatic rings. The number of benzene rings is 1. The van der Waals surface area contributed by atoms with Crippen LogP contribution in [-0.2, 0) is 5.21 Å². The minimum Gasteiger partial charge on any atom is -0.0709 e. The summed E-state index contributed by atoms with van der Waals surface area (Å²) in [7, 11) is 12.4. The zero-order valence-corrected chi connectivity index (χ0v) is 11.0. The molecule has 0 heterocycles. The van der Waals surface area contributed by atoms with Gasteiger partial charge in [0.15, 0.2) is 0 Å². The molecule has 0 nitrogen and oxygen atoms in total. The van der Waals surface area contributed by atoms with Gasteiger partial charge in [-0.3, -0.25) is 0 Å². The Kier molecular flexibility index (Phi) is 3.62. The number of hydrogen-bond acceptors (Lipinski definition) is 0. The Morgan fingerprint density at radius 2 is 1.38 bits per heavy atom. The van der Waals surface area contributed by atoms with Crippen LogP contribution in [0, 0.1) is 5.41 Å². The number of hydrogen-bond donors (Lipinski definition) is 0. The van der Waals surface area contributed by atoms with Gasteiger partial charge in [-0.15, -0.1) is 0 Å². The van der Waals surface area contributed by atoms with Gasteiger partial charge in [0.2, 0.25) is 0 Å². The minimum absolute atomic E-state index is 0.160. The second-order valence-electron chi connectivity index (χ2n) is 5.90. The fourth-order valence-corrected chi connectivity index (χ4v) is 1.58. The van der Waals surface area contributed by atoms with Crippen LogP contribution in [0.25, 0.3) is 0 Å². The molecule has 0 fully saturated rings. The fourth-order valence-electron chi connectivity index (χ4n) is 1.58. The first-order valence-corrected chi connectivity index (χ1v) is 5.84. The van der Waals surface area contributed by atoms with Crippen molar-refractivity contribution in [2.24, 2.45) is 5.41 Å². The molecule has 82 valence electrons. The van der Waals surface area contributed by atoms with Crippen LogP contribution in [0.2, 0.25) is 0 Å². The van der Waals surface area contributed by atoms with Crippen LogP contribution >= 0.6 is 0 Å². The summed E-state index contributed by atoms with van der Waals surface area (Å²) in [5.41, 5.74) is 2.14. The molecule has 0 N–H and O–H groups in total. The van der Waals surface area contributed by atoms with Gasteiger partial charge in [-0.1, -0.05) is 69.7 Å². The van der Waals surface area contributed by atoms with Crippen molar-refractivity contribution < 1.29 is 0 Å². The summed E-state index contributed by atoms with van der Waals surface area (Å²) in [6.45, 7) is 10.5. The predicted octanol–water partition coefficient (Wildman–Crippen LogP) is 3.35. The van der Waals surface area contributed by atoms with E-state index < -0.39 is 5.21 Å². The van der Waals surface area contributed by atoms with Crippen molar-refractivity contribution in [2.75, 3.05) is 0 Å². The second-order valence-corrected chi connectivity index (χ2v) is 5.90. The maximum Gasteiger partial charge on any atom is 0.0689 e. The Morgan fingerprint density at radius 3 is 1.69 bits per heavy atom. The van der Waals surface area contributed by atoms with Gasteiger partial charge in [-0.2, -0.15) is 0 Å². The third-order valence-electron chi connectivity index (χ3n) is 3.30. The molecule has 4 radical (unpaired) electrons. The lowest BCUT2D eigenvalue weighted by molar-refractivity contribution is 0.358. The Morgan fingerprint density at radius 1 is 0.938 bits per heavy atom. The summed E-state index contributed by atoms with van der Waals surface area (Å²) in [6, 6.07) is 8.31. The lowest BCUT2D eigenvalue weighted by Gasteiger charge is -2.41. The summed E-state index contributed by atoms with van der Waals surface area (Å²) in [5, 5.41) is -0.789. The van der Waals surface area contributed by atoms with Crippen LogP contribution in [0.15, 0.2) is 24.3 Å². The van der Waals surface area contributed by atoms with Crippen molar-refractivity contribution >= 4 is 15.7 Å². The van der Waals surface area contributed by atoms with Crippen LogP contribution in [0.1, 0.15) is 51.7 Å². The standard InChI is InChI=1S/C14H20B2/c1-10(2)11-6-8-12(9-7-11)14(15,16)13(3,4)5/h6-10H,1-5H3. The maximum absolute atomic E-state index is 6.22. The minimum atomic E-state index is -0.789. The van der Waals surface area contributed by atoms with E-state index in [0.717, 1.165) is 5.56 Å². The van der Waals surface area contributed by atoms with Gasteiger partial charge >= 0.3 is 0 Å². The van der Waals surface area contributed by atoms with Crippen LogP contribution in [-0.4, -0.2) is 15.7 Å². The molecule has 16 heavy (non-hydrogen) atoms. The van der Waals surface area contributed by atoms with Crippen LogP contribution in [0.5, 0.6) is 0 Å². The third kappa shape index (κ3) is 2.53. The van der Waals surface area contributed by atoms with Crippen molar-refractivity contribution in [3.8, 4) is 0 Å². The van der Waals surface area contributed by atoms with E-state index in [2.05, 4.69) is 46.8 Å². The zero-order chi connectivity index (χ0) is 12.6. The quantitative estimate of drug-likeness (QED) is 0.656. The van der Waals surface area contributed by atoms with Crippen molar-refractivity contribution in [1.82, 2.24) is 0 Å². The van der Waals surface area contributed by atoms with Gasteiger partial charge in [0, 0.05) is 0 Å². The molecule has 1 rings (SSSR count). The molecule has 0 unspecified atom stereocenters. The van der Waals surface area contributed by atoms with Gasteiger partial charge in [0.1, 0.15) is 0 Å². The Balaban J connectivity index is 3.07. The predicted molar refractivity (Wildman–Crippen MR) is 73.2 cm³/mol. The van der Waals surface area contributed by atoms with Gasteiger partial charge in [0.05, 0.1) is 15.7 Å². The molecule has 0 aliphatic carbocycles. The van der Waals surface area contributed by atoms with Gasteiger partial charge < -0.3 is 0 Å². The fraction of sp³-hybridized carbons (Fsp3) is 0.571. The smallest absolute Gasteiger partial charge is 0.0689 e. The average molecular weight is 210 g/mol. The van der Waals surface area contributed by atoms with E-state index in [1.54, 1.807) is 0 Å². The van der Waals surface area contributed by atoms with E-state index in [1.807, 2.05) is 12.1 Å². The molecule has 0 saturated heterocycles.